The maximum atomic E-state index is 2.23. The second kappa shape index (κ2) is 4.93. The van der Waals surface area contributed by atoms with E-state index in [0.29, 0.717) is 0 Å². The van der Waals surface area contributed by atoms with Crippen molar-refractivity contribution in [2.75, 3.05) is 0 Å². The third-order valence-electron chi connectivity index (χ3n) is 2.90. The summed E-state index contributed by atoms with van der Waals surface area (Å²) in [4.78, 5) is 0. The molecule has 0 amide bonds. The summed E-state index contributed by atoms with van der Waals surface area (Å²) < 4.78 is 0. The van der Waals surface area contributed by atoms with Crippen molar-refractivity contribution in [2.45, 2.75) is 6.42 Å². The van der Waals surface area contributed by atoms with Gasteiger partial charge in [-0.2, -0.15) is 0 Å². The second-order valence-corrected chi connectivity index (χ2v) is 3.85. The van der Waals surface area contributed by atoms with Crippen LogP contribution in [-0.4, -0.2) is 0 Å². The average Bonchev–Trinajstić information content (AvgIpc) is 2.78. The Balaban J connectivity index is 0.000000963. The van der Waals surface area contributed by atoms with Crippen molar-refractivity contribution in [1.82, 2.24) is 0 Å². The number of fused-ring (bicyclic) bond motifs is 1. The molecule has 1 aliphatic rings. The zero-order valence-corrected chi connectivity index (χ0v) is 11.4. The molecule has 0 spiro atoms. The van der Waals surface area contributed by atoms with Gasteiger partial charge in [0.25, 0.3) is 0 Å². The largest absolute Gasteiger partial charge is 0.0795 e. The van der Waals surface area contributed by atoms with Crippen molar-refractivity contribution in [3.63, 3.8) is 0 Å². The van der Waals surface area contributed by atoms with Crippen molar-refractivity contribution in [3.05, 3.63) is 65.7 Å². The van der Waals surface area contributed by atoms with Crippen LogP contribution in [0, 0.1) is 0 Å². The first-order chi connectivity index (χ1) is 7.45. The normalized spacial score (nSPS) is 12.0. The smallest absolute Gasteiger partial charge is 0 e. The molecule has 0 atom stereocenters. The molecule has 0 saturated carbocycles. The van der Waals surface area contributed by atoms with Gasteiger partial charge in [0.2, 0.25) is 0 Å². The second-order valence-electron chi connectivity index (χ2n) is 3.85. The van der Waals surface area contributed by atoms with Crippen molar-refractivity contribution in [1.29, 1.82) is 0 Å². The molecule has 2 aromatic carbocycles. The summed E-state index contributed by atoms with van der Waals surface area (Å²) in [5.74, 6) is 0. The van der Waals surface area contributed by atoms with Crippen molar-refractivity contribution < 1.29 is 26.2 Å². The van der Waals surface area contributed by atoms with Gasteiger partial charge in [-0.15, -0.1) is 0 Å². The molecule has 0 fully saturated rings. The predicted molar refractivity (Wildman–Crippen MR) is 64.6 cm³/mol. The van der Waals surface area contributed by atoms with E-state index in [9.17, 15) is 0 Å². The van der Waals surface area contributed by atoms with Crippen LogP contribution in [0.5, 0.6) is 0 Å². The minimum atomic E-state index is 0. The first-order valence-corrected chi connectivity index (χ1v) is 5.29. The van der Waals surface area contributed by atoms with E-state index >= 15 is 0 Å². The third kappa shape index (κ3) is 1.97. The molecule has 0 bridgehead atoms. The van der Waals surface area contributed by atoms with Crippen LogP contribution in [0.25, 0.3) is 17.2 Å². The molecule has 16 heavy (non-hydrogen) atoms. The average molecular weight is 283 g/mol. The predicted octanol–water partition coefficient (Wildman–Crippen LogP) is 3.92. The van der Waals surface area contributed by atoms with Gasteiger partial charge >= 0.3 is 0 Å². The minimum absolute atomic E-state index is 0. The summed E-state index contributed by atoms with van der Waals surface area (Å²) in [6.07, 6.45) is 5.55. The van der Waals surface area contributed by atoms with Crippen LogP contribution < -0.4 is 0 Å². The van der Waals surface area contributed by atoms with Crippen molar-refractivity contribution in [3.8, 4) is 11.1 Å². The zero-order valence-electron chi connectivity index (χ0n) is 8.98. The van der Waals surface area contributed by atoms with Crippen LogP contribution in [0.3, 0.4) is 0 Å². The molecule has 1 heteroatoms. The summed E-state index contributed by atoms with van der Waals surface area (Å²) in [5, 5.41) is 0. The Hall–Kier alpha value is -0.937. The maximum Gasteiger partial charge on any atom is 0 e. The Morgan fingerprint density at radius 3 is 2.44 bits per heavy atom. The summed E-state index contributed by atoms with van der Waals surface area (Å²) in [7, 11) is 0. The number of hydrogen-bond acceptors (Lipinski definition) is 0. The van der Waals surface area contributed by atoms with Crippen LogP contribution in [0.15, 0.2) is 54.6 Å². The van der Waals surface area contributed by atoms with E-state index in [4.69, 9.17) is 0 Å². The van der Waals surface area contributed by atoms with Gasteiger partial charge in [0.15, 0.2) is 0 Å². The van der Waals surface area contributed by atoms with E-state index in [-0.39, 0.29) is 26.2 Å². The van der Waals surface area contributed by atoms with E-state index < -0.39 is 0 Å². The fraction of sp³-hybridized carbons (Fsp3) is 0.0667. The first-order valence-electron chi connectivity index (χ1n) is 5.29. The van der Waals surface area contributed by atoms with E-state index in [2.05, 4.69) is 60.7 Å². The number of rotatable bonds is 1. The molecule has 0 nitrogen and oxygen atoms in total. The molecule has 1 aliphatic carbocycles. The topological polar surface area (TPSA) is 0 Å². The maximum absolute atomic E-state index is 2.23. The molecule has 0 aliphatic heterocycles. The third-order valence-corrected chi connectivity index (χ3v) is 2.90. The standard InChI is InChI=1S/C15H12.Zr/c1-2-6-12(7-3-1)14-10-4-8-13-9-5-11-15(13)14;/h1-8,10-11H,9H2;. The molecule has 3 rings (SSSR count). The molecule has 0 unspecified atom stereocenters. The molecular formula is C15H12Zr. The van der Waals surface area contributed by atoms with Gasteiger partial charge in [0.1, 0.15) is 0 Å². The quantitative estimate of drug-likeness (QED) is 0.744. The summed E-state index contributed by atoms with van der Waals surface area (Å²) >= 11 is 0. The van der Waals surface area contributed by atoms with Gasteiger partial charge in [-0.3, -0.25) is 0 Å². The van der Waals surface area contributed by atoms with Crippen molar-refractivity contribution >= 4 is 6.08 Å². The molecule has 0 saturated heterocycles. The summed E-state index contributed by atoms with van der Waals surface area (Å²) in [6.45, 7) is 0. The Morgan fingerprint density at radius 2 is 1.62 bits per heavy atom. The Labute approximate surface area is 115 Å². The van der Waals surface area contributed by atoms with Crippen LogP contribution in [0.1, 0.15) is 11.1 Å². The monoisotopic (exact) mass is 282 g/mol. The van der Waals surface area contributed by atoms with Gasteiger partial charge in [-0.25, -0.2) is 0 Å². The molecule has 0 aromatic heterocycles. The summed E-state index contributed by atoms with van der Waals surface area (Å²) in [6, 6.07) is 17.1. The van der Waals surface area contributed by atoms with Gasteiger partial charge in [0.05, 0.1) is 0 Å². The molecular weight excluding hydrogens is 271 g/mol. The first kappa shape index (κ1) is 11.5. The molecule has 0 N–H and O–H groups in total. The van der Waals surface area contributed by atoms with Crippen LogP contribution in [0.4, 0.5) is 0 Å². The minimum Gasteiger partial charge on any atom is -0.0795 e. The van der Waals surface area contributed by atoms with Gasteiger partial charge < -0.3 is 0 Å². The van der Waals surface area contributed by atoms with E-state index in [0.717, 1.165) is 6.42 Å². The Kier molecular flexibility index (Phi) is 3.56. The number of benzene rings is 2. The number of hydrogen-bond donors (Lipinski definition) is 0. The van der Waals surface area contributed by atoms with Gasteiger partial charge in [-0.05, 0) is 28.7 Å². The van der Waals surface area contributed by atoms with Gasteiger partial charge in [0, 0.05) is 26.2 Å². The van der Waals surface area contributed by atoms with Crippen molar-refractivity contribution in [2.24, 2.45) is 0 Å². The number of allylic oxidation sites excluding steroid dienone is 1. The zero-order chi connectivity index (χ0) is 10.1. The fourth-order valence-corrected chi connectivity index (χ4v) is 2.16. The molecule has 0 radical (unpaired) electrons. The van der Waals surface area contributed by atoms with Crippen LogP contribution >= 0.6 is 0 Å². The van der Waals surface area contributed by atoms with E-state index in [1.165, 1.54) is 22.3 Å². The molecule has 2 aromatic rings. The Bertz CT molecular complexity index is 512. The van der Waals surface area contributed by atoms with Crippen LogP contribution in [0.2, 0.25) is 0 Å². The summed E-state index contributed by atoms with van der Waals surface area (Å²) in [5.41, 5.74) is 5.49. The van der Waals surface area contributed by atoms with Gasteiger partial charge in [-0.1, -0.05) is 60.7 Å². The van der Waals surface area contributed by atoms with E-state index in [1.807, 2.05) is 0 Å². The molecule has 76 valence electrons. The SMILES string of the molecule is C1=Cc2c(cccc2-c2ccccc2)C1.[Zr]. The fourth-order valence-electron chi connectivity index (χ4n) is 2.16. The Morgan fingerprint density at radius 1 is 0.812 bits per heavy atom. The van der Waals surface area contributed by atoms with E-state index in [1.54, 1.807) is 0 Å². The molecule has 0 heterocycles. The van der Waals surface area contributed by atoms with Crippen LogP contribution in [-0.2, 0) is 32.6 Å².